The zero-order chi connectivity index (χ0) is 45.2. The quantitative estimate of drug-likeness (QED) is 0.285. The summed E-state index contributed by atoms with van der Waals surface area (Å²) >= 11 is 6.29. The van der Waals surface area contributed by atoms with Crippen molar-refractivity contribution < 1.29 is 54.1 Å². The van der Waals surface area contributed by atoms with Crippen LogP contribution < -0.4 is 24.8 Å². The Kier molecular flexibility index (Phi) is 7.44. The standard InChI is InChI=1S/C35H46ClN5O9S/c1-9-19-16-35(19,31(44)40-51(46,47)22-11-12-22)39-28(42)25-15-21(49-29-24-14-20(36)10-13-23(24)26(48-8)17-37-29)18-41(25)30(43)27(33(2,3)4)38-32(45)50-34(5,6)7/h9-10,13-14,17,19,21-22,25,27H,1,11-12,15-16,18H2,2-8H3,(H,38,45)(H,39,42)(H,40,44)/t19-,21-,25+,27-,35-/m1/s1/i2D3,3D3,4D3. The molecule has 2 aliphatic carbocycles. The third kappa shape index (κ3) is 8.35. The van der Waals surface area contributed by atoms with Crippen LogP contribution in [0.15, 0.2) is 37.1 Å². The molecule has 1 aromatic carbocycles. The molecular weight excluding hydrogens is 702 g/mol. The number of ether oxygens (including phenoxy) is 3. The summed E-state index contributed by atoms with van der Waals surface area (Å²) in [6.45, 7) is -4.89. The highest BCUT2D eigenvalue weighted by Crippen LogP contribution is 2.45. The van der Waals surface area contributed by atoms with Crippen LogP contribution in [0.5, 0.6) is 11.6 Å². The molecule has 5 rings (SSSR count). The number of methoxy groups -OCH3 is 1. The number of sulfonamides is 1. The largest absolute Gasteiger partial charge is 0.494 e. The molecule has 1 aromatic heterocycles. The van der Waals surface area contributed by atoms with Gasteiger partial charge >= 0.3 is 6.09 Å². The smallest absolute Gasteiger partial charge is 0.408 e. The van der Waals surface area contributed by atoms with Crippen LogP contribution in [-0.4, -0.2) is 90.3 Å². The molecule has 278 valence electrons. The van der Waals surface area contributed by atoms with E-state index in [2.05, 4.69) is 16.9 Å². The molecule has 2 aromatic rings. The van der Waals surface area contributed by atoms with E-state index >= 15 is 4.79 Å². The van der Waals surface area contributed by atoms with Crippen molar-refractivity contribution in [2.75, 3.05) is 13.7 Å². The summed E-state index contributed by atoms with van der Waals surface area (Å²) in [5.74, 6) is -4.38. The van der Waals surface area contributed by atoms with Crippen LogP contribution in [0, 0.1) is 11.3 Å². The predicted molar refractivity (Wildman–Crippen MR) is 190 cm³/mol. The molecule has 1 saturated heterocycles. The fourth-order valence-corrected chi connectivity index (χ4v) is 7.46. The van der Waals surface area contributed by atoms with E-state index in [1.54, 1.807) is 12.1 Å². The summed E-state index contributed by atoms with van der Waals surface area (Å²) in [5, 5.41) is 4.72. The van der Waals surface area contributed by atoms with Gasteiger partial charge in [0.15, 0.2) is 0 Å². The number of pyridine rings is 1. The number of benzene rings is 1. The monoisotopic (exact) mass is 756 g/mol. The number of rotatable bonds is 11. The molecule has 4 amide bonds. The van der Waals surface area contributed by atoms with Crippen LogP contribution >= 0.6 is 11.6 Å². The van der Waals surface area contributed by atoms with Crippen molar-refractivity contribution >= 4 is 56.2 Å². The highest BCUT2D eigenvalue weighted by Gasteiger charge is 2.62. The summed E-state index contributed by atoms with van der Waals surface area (Å²) in [7, 11) is -2.71. The second-order valence-corrected chi connectivity index (χ2v) is 16.3. The summed E-state index contributed by atoms with van der Waals surface area (Å²) in [6, 6.07) is -0.0424. The molecule has 5 atom stereocenters. The van der Waals surface area contributed by atoms with Crippen LogP contribution in [0.2, 0.25) is 5.02 Å². The summed E-state index contributed by atoms with van der Waals surface area (Å²) in [4.78, 5) is 61.4. The third-order valence-electron chi connectivity index (χ3n) is 8.71. The fourth-order valence-electron chi connectivity index (χ4n) is 5.92. The van der Waals surface area contributed by atoms with Crippen molar-refractivity contribution in [3.8, 4) is 11.6 Å². The Morgan fingerprint density at radius 2 is 1.88 bits per heavy atom. The van der Waals surface area contributed by atoms with Gasteiger partial charge in [-0.15, -0.1) is 6.58 Å². The van der Waals surface area contributed by atoms with Crippen molar-refractivity contribution in [2.24, 2.45) is 11.3 Å². The first-order valence-electron chi connectivity index (χ1n) is 20.5. The van der Waals surface area contributed by atoms with E-state index < -0.39 is 113 Å². The molecule has 1 aliphatic heterocycles. The molecule has 3 N–H and O–H groups in total. The molecule has 3 aliphatic rings. The number of aromatic nitrogens is 1. The molecule has 51 heavy (non-hydrogen) atoms. The maximum absolute atomic E-state index is 15.0. The predicted octanol–water partition coefficient (Wildman–Crippen LogP) is 3.85. The number of carbonyl (C=O) groups is 4. The van der Waals surface area contributed by atoms with Crippen molar-refractivity contribution in [2.45, 2.75) is 102 Å². The van der Waals surface area contributed by atoms with Crippen LogP contribution in [0.4, 0.5) is 4.79 Å². The molecule has 0 unspecified atom stereocenters. The van der Waals surface area contributed by atoms with E-state index in [-0.39, 0.29) is 17.3 Å². The van der Waals surface area contributed by atoms with Gasteiger partial charge in [0.25, 0.3) is 5.91 Å². The van der Waals surface area contributed by atoms with Crippen molar-refractivity contribution in [1.29, 1.82) is 0 Å². The fraction of sp³-hybridized carbons (Fsp3) is 0.571. The lowest BCUT2D eigenvalue weighted by molar-refractivity contribution is -0.143. The second kappa shape index (κ2) is 13.8. The highest BCUT2D eigenvalue weighted by molar-refractivity contribution is 7.91. The first-order chi connectivity index (χ1) is 27.4. The van der Waals surface area contributed by atoms with Crippen molar-refractivity contribution in [3.63, 3.8) is 0 Å². The van der Waals surface area contributed by atoms with Crippen LogP contribution in [0.3, 0.4) is 0 Å². The van der Waals surface area contributed by atoms with Crippen molar-refractivity contribution in [1.82, 2.24) is 25.2 Å². The normalized spacial score (nSPS) is 27.3. The number of nitrogens with zero attached hydrogens (tertiary/aromatic N) is 2. The van der Waals surface area contributed by atoms with E-state index in [0.717, 1.165) is 0 Å². The van der Waals surface area contributed by atoms with Gasteiger partial charge in [0.05, 0.1) is 25.1 Å². The number of hydrogen-bond acceptors (Lipinski definition) is 10. The van der Waals surface area contributed by atoms with Gasteiger partial charge in [0, 0.05) is 40.5 Å². The number of hydrogen-bond donors (Lipinski definition) is 3. The number of carbonyl (C=O) groups excluding carboxylic acids is 4. The maximum atomic E-state index is 15.0. The lowest BCUT2D eigenvalue weighted by Gasteiger charge is -2.36. The zero-order valence-electron chi connectivity index (χ0n) is 37.4. The average molecular weight is 757 g/mol. The van der Waals surface area contributed by atoms with E-state index in [0.29, 0.717) is 34.3 Å². The average Bonchev–Trinajstić information content (AvgIpc) is 4.02. The van der Waals surface area contributed by atoms with E-state index in [1.165, 1.54) is 46.2 Å². The summed E-state index contributed by atoms with van der Waals surface area (Å²) in [5.41, 5.74) is -7.22. The number of likely N-dealkylation sites (tertiary alicyclic amines) is 1. The molecular formula is C35H46ClN5O9S. The van der Waals surface area contributed by atoms with Crippen LogP contribution in [0.25, 0.3) is 10.8 Å². The second-order valence-electron chi connectivity index (χ2n) is 13.9. The summed E-state index contributed by atoms with van der Waals surface area (Å²) in [6.07, 6.45) is -0.0931. The number of amides is 4. The minimum atomic E-state index is -4.11. The minimum absolute atomic E-state index is 0.0768. The number of alkyl carbamates (subject to hydrolysis) is 1. The third-order valence-corrected chi connectivity index (χ3v) is 10.8. The Morgan fingerprint density at radius 1 is 1.18 bits per heavy atom. The van der Waals surface area contributed by atoms with Gasteiger partial charge in [-0.1, -0.05) is 38.2 Å². The lowest BCUT2D eigenvalue weighted by atomic mass is 9.85. The van der Waals surface area contributed by atoms with Crippen LogP contribution in [-0.2, 0) is 29.1 Å². The van der Waals surface area contributed by atoms with Crippen LogP contribution in [0.1, 0.15) is 79.3 Å². The highest BCUT2D eigenvalue weighted by atomic mass is 35.5. The molecule has 2 saturated carbocycles. The van der Waals surface area contributed by atoms with E-state index in [4.69, 9.17) is 38.1 Å². The molecule has 14 nitrogen and oxygen atoms in total. The Labute approximate surface area is 315 Å². The number of nitrogens with one attached hydrogen (secondary N) is 3. The number of halogens is 1. The molecule has 0 radical (unpaired) electrons. The van der Waals surface area contributed by atoms with Gasteiger partial charge in [0.1, 0.15) is 35.1 Å². The van der Waals surface area contributed by atoms with Crippen molar-refractivity contribution in [3.05, 3.63) is 42.1 Å². The Bertz CT molecular complexity index is 2140. The van der Waals surface area contributed by atoms with Gasteiger partial charge in [0.2, 0.25) is 27.7 Å². The topological polar surface area (TPSA) is 182 Å². The molecule has 16 heteroatoms. The van der Waals surface area contributed by atoms with E-state index in [1.807, 2.05) is 10.0 Å². The maximum Gasteiger partial charge on any atom is 0.408 e. The van der Waals surface area contributed by atoms with Gasteiger partial charge in [-0.25, -0.2) is 18.2 Å². The van der Waals surface area contributed by atoms with Gasteiger partial charge < -0.3 is 29.7 Å². The molecule has 0 bridgehead atoms. The SMILES string of the molecule is [2H]C([2H])([2H])C([C@H](NC(=O)OC(C)(C)C)C(=O)N1C[C@H](Oc2ncc(OC)c3ccc(Cl)cc23)C[C@H]1C(=O)N[C@]1(C(=O)NS(=O)(=O)C2CC2)C[C@H]1C=C)(C([2H])([2H])[2H])C([2H])([2H])[2H]. The molecule has 2 heterocycles. The molecule has 3 fully saturated rings. The zero-order valence-corrected chi connectivity index (χ0v) is 29.9. The minimum Gasteiger partial charge on any atom is -0.494 e. The first-order valence-corrected chi connectivity index (χ1v) is 18.0. The Balaban J connectivity index is 1.63. The Morgan fingerprint density at radius 3 is 2.47 bits per heavy atom. The summed E-state index contributed by atoms with van der Waals surface area (Å²) < 4.78 is 120. The molecule has 0 spiro atoms. The van der Waals surface area contributed by atoms with E-state index in [9.17, 15) is 22.8 Å². The van der Waals surface area contributed by atoms with Gasteiger partial charge in [-0.3, -0.25) is 19.1 Å². The first kappa shape index (κ1) is 27.5. The van der Waals surface area contributed by atoms with Gasteiger partial charge in [-0.2, -0.15) is 0 Å². The Hall–Kier alpha value is -4.11. The van der Waals surface area contributed by atoms with Gasteiger partial charge in [-0.05, 0) is 63.6 Å². The number of fused-ring (bicyclic) bond motifs is 1. The lowest BCUT2D eigenvalue weighted by Crippen LogP contribution is -2.60.